The minimum absolute atomic E-state index is 0.000141. The summed E-state index contributed by atoms with van der Waals surface area (Å²) in [5.74, 6) is -0.137. The van der Waals surface area contributed by atoms with E-state index in [2.05, 4.69) is 15.3 Å². The van der Waals surface area contributed by atoms with Gasteiger partial charge in [0.05, 0.1) is 18.6 Å². The van der Waals surface area contributed by atoms with Crippen molar-refractivity contribution in [2.75, 3.05) is 43.1 Å². The second kappa shape index (κ2) is 7.01. The number of amides is 2. The molecular formula is C21H20N6O4. The van der Waals surface area contributed by atoms with Gasteiger partial charge in [0.2, 0.25) is 11.5 Å². The van der Waals surface area contributed by atoms with E-state index in [-0.39, 0.29) is 30.2 Å². The molecule has 0 bridgehead atoms. The van der Waals surface area contributed by atoms with Crippen molar-refractivity contribution in [1.82, 2.24) is 14.9 Å². The molecule has 2 aromatic rings. The molecule has 0 aliphatic carbocycles. The molecule has 0 unspecified atom stereocenters. The SMILES string of the molecule is N#C[C@@]1(O)CCN(c2ccnc(Nc3ccc(C(=O)N4CC5(COC5)C4)cc3)n2)C1=O. The molecule has 10 nitrogen and oxygen atoms in total. The summed E-state index contributed by atoms with van der Waals surface area (Å²) in [5.41, 5.74) is -0.543. The Morgan fingerprint density at radius 3 is 2.58 bits per heavy atom. The summed E-state index contributed by atoms with van der Waals surface area (Å²) in [7, 11) is 0. The summed E-state index contributed by atoms with van der Waals surface area (Å²) in [6, 6.07) is 10.2. The summed E-state index contributed by atoms with van der Waals surface area (Å²) in [6.07, 6.45) is 1.51. The van der Waals surface area contributed by atoms with Gasteiger partial charge >= 0.3 is 0 Å². The molecule has 0 saturated carbocycles. The Bertz CT molecular complexity index is 1090. The van der Waals surface area contributed by atoms with Gasteiger partial charge in [-0.3, -0.25) is 14.5 Å². The Hall–Kier alpha value is -3.55. The second-order valence-electron chi connectivity index (χ2n) is 8.27. The highest BCUT2D eigenvalue weighted by molar-refractivity contribution is 6.03. The van der Waals surface area contributed by atoms with Crippen molar-refractivity contribution in [3.8, 4) is 6.07 Å². The van der Waals surface area contributed by atoms with Crippen LogP contribution in [0.3, 0.4) is 0 Å². The molecule has 10 heteroatoms. The van der Waals surface area contributed by atoms with Gasteiger partial charge in [-0.1, -0.05) is 0 Å². The van der Waals surface area contributed by atoms with Gasteiger partial charge in [-0.15, -0.1) is 0 Å². The zero-order valence-corrected chi connectivity index (χ0v) is 16.6. The number of nitrogens with zero attached hydrogens (tertiary/aromatic N) is 5. The quantitative estimate of drug-likeness (QED) is 0.691. The van der Waals surface area contributed by atoms with E-state index >= 15 is 0 Å². The highest BCUT2D eigenvalue weighted by Gasteiger charge is 2.50. The van der Waals surface area contributed by atoms with Crippen LogP contribution < -0.4 is 10.2 Å². The smallest absolute Gasteiger partial charge is 0.275 e. The van der Waals surface area contributed by atoms with Crippen LogP contribution in [0.4, 0.5) is 17.5 Å². The van der Waals surface area contributed by atoms with Crippen molar-refractivity contribution in [1.29, 1.82) is 5.26 Å². The van der Waals surface area contributed by atoms with Gasteiger partial charge in [-0.05, 0) is 30.3 Å². The van der Waals surface area contributed by atoms with Crippen molar-refractivity contribution in [2.45, 2.75) is 12.0 Å². The number of ether oxygens (including phenoxy) is 1. The lowest BCUT2D eigenvalue weighted by Gasteiger charge is -2.54. The van der Waals surface area contributed by atoms with E-state index in [4.69, 9.17) is 10.00 Å². The van der Waals surface area contributed by atoms with Gasteiger partial charge in [0, 0.05) is 43.5 Å². The summed E-state index contributed by atoms with van der Waals surface area (Å²) >= 11 is 0. The third-order valence-corrected chi connectivity index (χ3v) is 5.94. The molecule has 3 saturated heterocycles. The number of hydrogen-bond donors (Lipinski definition) is 2. The fourth-order valence-corrected chi connectivity index (χ4v) is 4.08. The zero-order valence-electron chi connectivity index (χ0n) is 16.6. The average Bonchev–Trinajstić information content (AvgIpc) is 3.02. The zero-order chi connectivity index (χ0) is 21.6. The minimum atomic E-state index is -2.01. The number of benzene rings is 1. The number of aromatic nitrogens is 2. The molecule has 4 heterocycles. The van der Waals surface area contributed by atoms with E-state index < -0.39 is 11.5 Å². The fraction of sp³-hybridized carbons (Fsp3) is 0.381. The lowest BCUT2D eigenvalue weighted by Crippen LogP contribution is -2.67. The van der Waals surface area contributed by atoms with E-state index in [1.807, 2.05) is 4.90 Å². The number of likely N-dealkylation sites (tertiary alicyclic amines) is 1. The number of carbonyl (C=O) groups is 2. The lowest BCUT2D eigenvalue weighted by molar-refractivity contribution is -0.176. The largest absolute Gasteiger partial charge is 0.380 e. The fourth-order valence-electron chi connectivity index (χ4n) is 4.08. The average molecular weight is 420 g/mol. The molecule has 1 spiro atoms. The van der Waals surface area contributed by atoms with Crippen molar-refractivity contribution < 1.29 is 19.4 Å². The van der Waals surface area contributed by atoms with Gasteiger partial charge in [-0.2, -0.15) is 10.2 Å². The molecule has 2 amide bonds. The minimum Gasteiger partial charge on any atom is -0.380 e. The number of hydrogen-bond acceptors (Lipinski definition) is 8. The standard InChI is InChI=1S/C21H20N6O4/c22-9-21(30)6-8-27(18(21)29)16-5-7-23-19(25-16)24-15-3-1-14(2-4-15)17(28)26-10-20(11-26)12-31-13-20/h1-5,7,30H,6,8,10-13H2,(H,23,24,25)/t21-/m0/s1. The first kappa shape index (κ1) is 19.4. The van der Waals surface area contributed by atoms with Crippen molar-refractivity contribution in [3.05, 3.63) is 42.1 Å². The van der Waals surface area contributed by atoms with Crippen LogP contribution in [-0.2, 0) is 9.53 Å². The molecular weight excluding hydrogens is 400 g/mol. The Morgan fingerprint density at radius 1 is 1.23 bits per heavy atom. The Labute approximate surface area is 178 Å². The van der Waals surface area contributed by atoms with Crippen LogP contribution in [-0.4, -0.2) is 70.2 Å². The summed E-state index contributed by atoms with van der Waals surface area (Å²) < 4.78 is 5.24. The number of rotatable bonds is 4. The van der Waals surface area contributed by atoms with Gasteiger partial charge < -0.3 is 20.1 Å². The molecule has 31 heavy (non-hydrogen) atoms. The highest BCUT2D eigenvalue weighted by atomic mass is 16.5. The first-order valence-electron chi connectivity index (χ1n) is 9.94. The lowest BCUT2D eigenvalue weighted by atomic mass is 9.78. The summed E-state index contributed by atoms with van der Waals surface area (Å²) in [6.45, 7) is 3.14. The third-order valence-electron chi connectivity index (χ3n) is 5.94. The van der Waals surface area contributed by atoms with Gasteiger partial charge in [0.15, 0.2) is 0 Å². The summed E-state index contributed by atoms with van der Waals surface area (Å²) in [5, 5.41) is 22.1. The number of nitrogens with one attached hydrogen (secondary N) is 1. The molecule has 1 aromatic heterocycles. The van der Waals surface area contributed by atoms with Crippen molar-refractivity contribution in [2.24, 2.45) is 5.41 Å². The van der Waals surface area contributed by atoms with Crippen LogP contribution in [0.1, 0.15) is 16.8 Å². The van der Waals surface area contributed by atoms with E-state index in [0.29, 0.717) is 17.1 Å². The van der Waals surface area contributed by atoms with Gasteiger partial charge in [0.1, 0.15) is 11.9 Å². The Kier molecular flexibility index (Phi) is 4.39. The molecule has 5 rings (SSSR count). The van der Waals surface area contributed by atoms with Crippen LogP contribution in [0.25, 0.3) is 0 Å². The topological polar surface area (TPSA) is 132 Å². The maximum Gasteiger partial charge on any atom is 0.275 e. The Balaban J connectivity index is 1.25. The van der Waals surface area contributed by atoms with Crippen LogP contribution in [0, 0.1) is 16.7 Å². The van der Waals surface area contributed by atoms with Crippen molar-refractivity contribution in [3.63, 3.8) is 0 Å². The predicted molar refractivity (Wildman–Crippen MR) is 108 cm³/mol. The molecule has 158 valence electrons. The number of nitriles is 1. The predicted octanol–water partition coefficient (Wildman–Crippen LogP) is 0.684. The van der Waals surface area contributed by atoms with E-state index in [0.717, 1.165) is 26.3 Å². The molecule has 3 aliphatic rings. The van der Waals surface area contributed by atoms with E-state index in [1.165, 1.54) is 11.1 Å². The normalized spacial score (nSPS) is 23.8. The van der Waals surface area contributed by atoms with E-state index in [9.17, 15) is 14.7 Å². The second-order valence-corrected chi connectivity index (χ2v) is 8.27. The van der Waals surface area contributed by atoms with Gasteiger partial charge in [-0.25, -0.2) is 4.98 Å². The molecule has 0 radical (unpaired) electrons. The maximum atomic E-state index is 12.6. The van der Waals surface area contributed by atoms with Crippen LogP contribution >= 0.6 is 0 Å². The maximum absolute atomic E-state index is 12.6. The number of carbonyl (C=O) groups excluding carboxylic acids is 2. The molecule has 3 fully saturated rings. The molecule has 1 aromatic carbocycles. The van der Waals surface area contributed by atoms with Crippen molar-refractivity contribution >= 4 is 29.3 Å². The number of aliphatic hydroxyl groups is 1. The first-order valence-corrected chi connectivity index (χ1v) is 9.94. The van der Waals surface area contributed by atoms with Crippen LogP contribution in [0.15, 0.2) is 36.5 Å². The third kappa shape index (κ3) is 3.28. The monoisotopic (exact) mass is 420 g/mol. The molecule has 2 N–H and O–H groups in total. The van der Waals surface area contributed by atoms with Crippen LogP contribution in [0.5, 0.6) is 0 Å². The molecule has 3 aliphatic heterocycles. The van der Waals surface area contributed by atoms with E-state index in [1.54, 1.807) is 36.4 Å². The molecule has 1 atom stereocenters. The van der Waals surface area contributed by atoms with Gasteiger partial charge in [0.25, 0.3) is 11.8 Å². The number of anilines is 3. The Morgan fingerprint density at radius 2 is 1.97 bits per heavy atom. The summed E-state index contributed by atoms with van der Waals surface area (Å²) in [4.78, 5) is 36.5. The first-order chi connectivity index (χ1) is 14.9. The van der Waals surface area contributed by atoms with Crippen LogP contribution in [0.2, 0.25) is 0 Å². The highest BCUT2D eigenvalue weighted by Crippen LogP contribution is 2.38.